The lowest BCUT2D eigenvalue weighted by Crippen LogP contribution is -2.35. The molecule has 23 heavy (non-hydrogen) atoms. The molecule has 0 atom stereocenters. The molecule has 0 bridgehead atoms. The highest BCUT2D eigenvalue weighted by atomic mass is 16.3. The maximum atomic E-state index is 12.8. The van der Waals surface area contributed by atoms with Gasteiger partial charge in [-0.05, 0) is 25.0 Å². The van der Waals surface area contributed by atoms with Gasteiger partial charge in [-0.15, -0.1) is 0 Å². The van der Waals surface area contributed by atoms with E-state index >= 15 is 0 Å². The number of aromatic nitrogens is 3. The van der Waals surface area contributed by atoms with Crippen molar-refractivity contribution in [1.29, 1.82) is 0 Å². The summed E-state index contributed by atoms with van der Waals surface area (Å²) >= 11 is 0. The number of fused-ring (bicyclic) bond motifs is 3. The van der Waals surface area contributed by atoms with Crippen molar-refractivity contribution in [2.24, 2.45) is 0 Å². The molecule has 1 aliphatic carbocycles. The van der Waals surface area contributed by atoms with Gasteiger partial charge in [0.25, 0.3) is 11.5 Å². The van der Waals surface area contributed by atoms with Crippen molar-refractivity contribution in [3.8, 4) is 0 Å². The van der Waals surface area contributed by atoms with Gasteiger partial charge < -0.3 is 15.0 Å². The standard InChI is InChI=1S/C16H16N4O3/c21-8-7-19(10-5-6-10)16(23)12-9-17-20-13-4-2-1-3-11(13)15(22)18-14(12)20/h1-4,9-10,21H,5-8H2,(H,18,22). The van der Waals surface area contributed by atoms with Crippen molar-refractivity contribution in [2.45, 2.75) is 18.9 Å². The summed E-state index contributed by atoms with van der Waals surface area (Å²) in [6.07, 6.45) is 3.38. The molecule has 2 heterocycles. The van der Waals surface area contributed by atoms with Gasteiger partial charge in [-0.1, -0.05) is 12.1 Å². The Morgan fingerprint density at radius 3 is 2.91 bits per heavy atom. The Bertz CT molecular complexity index is 955. The van der Waals surface area contributed by atoms with Crippen LogP contribution in [0.4, 0.5) is 0 Å². The number of aliphatic hydroxyl groups excluding tert-OH is 1. The molecule has 0 radical (unpaired) electrons. The summed E-state index contributed by atoms with van der Waals surface area (Å²) in [4.78, 5) is 29.4. The van der Waals surface area contributed by atoms with E-state index in [1.165, 1.54) is 6.20 Å². The van der Waals surface area contributed by atoms with E-state index in [4.69, 9.17) is 0 Å². The van der Waals surface area contributed by atoms with Crippen LogP contribution in [0, 0.1) is 0 Å². The van der Waals surface area contributed by atoms with Gasteiger partial charge in [-0.25, -0.2) is 4.52 Å². The maximum Gasteiger partial charge on any atom is 0.259 e. The van der Waals surface area contributed by atoms with Crippen molar-refractivity contribution in [3.05, 3.63) is 46.4 Å². The van der Waals surface area contributed by atoms with E-state index in [-0.39, 0.29) is 24.1 Å². The van der Waals surface area contributed by atoms with Crippen molar-refractivity contribution in [2.75, 3.05) is 13.2 Å². The zero-order valence-electron chi connectivity index (χ0n) is 12.4. The highest BCUT2D eigenvalue weighted by Crippen LogP contribution is 2.28. The summed E-state index contributed by atoms with van der Waals surface area (Å²) in [6.45, 7) is 0.208. The van der Waals surface area contributed by atoms with Crippen LogP contribution in [0.1, 0.15) is 23.2 Å². The highest BCUT2D eigenvalue weighted by molar-refractivity contribution is 6.01. The Balaban J connectivity index is 1.88. The molecule has 1 saturated carbocycles. The number of hydrogen-bond acceptors (Lipinski definition) is 4. The van der Waals surface area contributed by atoms with E-state index in [1.54, 1.807) is 27.6 Å². The fraction of sp³-hybridized carbons (Fsp3) is 0.312. The number of rotatable bonds is 4. The van der Waals surface area contributed by atoms with E-state index in [9.17, 15) is 14.7 Å². The van der Waals surface area contributed by atoms with Gasteiger partial charge in [-0.2, -0.15) is 5.10 Å². The Hall–Kier alpha value is -2.67. The van der Waals surface area contributed by atoms with Crippen molar-refractivity contribution in [1.82, 2.24) is 19.5 Å². The van der Waals surface area contributed by atoms with Crippen LogP contribution in [-0.2, 0) is 0 Å². The van der Waals surface area contributed by atoms with E-state index in [1.807, 2.05) is 6.07 Å². The third-order valence-corrected chi connectivity index (χ3v) is 4.20. The number of aromatic amines is 1. The highest BCUT2D eigenvalue weighted by Gasteiger charge is 2.34. The van der Waals surface area contributed by atoms with Crippen LogP contribution in [-0.4, -0.2) is 49.7 Å². The van der Waals surface area contributed by atoms with Crippen LogP contribution in [0.2, 0.25) is 0 Å². The summed E-state index contributed by atoms with van der Waals surface area (Å²) in [5, 5.41) is 14.0. The van der Waals surface area contributed by atoms with Crippen molar-refractivity contribution in [3.63, 3.8) is 0 Å². The minimum absolute atomic E-state index is 0.0824. The normalized spacial score (nSPS) is 14.5. The van der Waals surface area contributed by atoms with E-state index in [2.05, 4.69) is 10.1 Å². The average Bonchev–Trinajstić information content (AvgIpc) is 3.32. The SMILES string of the molecule is O=C(c1cnn2c1[nH]c(=O)c1ccccc12)N(CCO)C1CC1. The summed E-state index contributed by atoms with van der Waals surface area (Å²) in [5.74, 6) is -0.206. The molecule has 0 unspecified atom stereocenters. The maximum absolute atomic E-state index is 12.8. The van der Waals surface area contributed by atoms with Crippen LogP contribution in [0.25, 0.3) is 16.6 Å². The molecule has 1 amide bonds. The first-order valence-electron chi connectivity index (χ1n) is 7.61. The average molecular weight is 312 g/mol. The van der Waals surface area contributed by atoms with E-state index < -0.39 is 0 Å². The molecule has 0 aliphatic heterocycles. The lowest BCUT2D eigenvalue weighted by Gasteiger charge is -2.20. The topological polar surface area (TPSA) is 90.7 Å². The molecule has 1 fully saturated rings. The first kappa shape index (κ1) is 14.0. The van der Waals surface area contributed by atoms with Crippen LogP contribution in [0.5, 0.6) is 0 Å². The largest absolute Gasteiger partial charge is 0.395 e. The van der Waals surface area contributed by atoms with E-state index in [0.717, 1.165) is 12.8 Å². The third-order valence-electron chi connectivity index (χ3n) is 4.20. The molecular weight excluding hydrogens is 296 g/mol. The number of H-pyrrole nitrogens is 1. The van der Waals surface area contributed by atoms with Gasteiger partial charge in [-0.3, -0.25) is 9.59 Å². The van der Waals surface area contributed by atoms with Crippen molar-refractivity contribution >= 4 is 22.5 Å². The molecule has 1 aromatic carbocycles. The minimum atomic E-state index is -0.247. The molecule has 2 N–H and O–H groups in total. The number of amides is 1. The van der Waals surface area contributed by atoms with Gasteiger partial charge in [0.15, 0.2) is 0 Å². The monoisotopic (exact) mass is 312 g/mol. The Morgan fingerprint density at radius 2 is 2.17 bits per heavy atom. The fourth-order valence-corrected chi connectivity index (χ4v) is 2.93. The molecule has 4 rings (SSSR count). The van der Waals surface area contributed by atoms with Gasteiger partial charge in [0.2, 0.25) is 0 Å². The van der Waals surface area contributed by atoms with Crippen LogP contribution < -0.4 is 5.56 Å². The number of hydrogen-bond donors (Lipinski definition) is 2. The number of carbonyl (C=O) groups is 1. The zero-order valence-corrected chi connectivity index (χ0v) is 12.4. The van der Waals surface area contributed by atoms with Crippen LogP contribution >= 0.6 is 0 Å². The number of aliphatic hydroxyl groups is 1. The van der Waals surface area contributed by atoms with Crippen LogP contribution in [0.15, 0.2) is 35.3 Å². The van der Waals surface area contributed by atoms with Gasteiger partial charge in [0, 0.05) is 12.6 Å². The molecule has 3 aromatic rings. The van der Waals surface area contributed by atoms with Gasteiger partial charge in [0.1, 0.15) is 11.2 Å². The van der Waals surface area contributed by atoms with E-state index in [0.29, 0.717) is 28.7 Å². The number of para-hydroxylation sites is 1. The Labute approximate surface area is 131 Å². The molecule has 0 saturated heterocycles. The van der Waals surface area contributed by atoms with Gasteiger partial charge in [0.05, 0.1) is 23.7 Å². The molecule has 118 valence electrons. The lowest BCUT2D eigenvalue weighted by atomic mass is 10.2. The summed E-state index contributed by atoms with van der Waals surface area (Å²) in [7, 11) is 0. The molecule has 2 aromatic heterocycles. The zero-order chi connectivity index (χ0) is 16.0. The summed E-state index contributed by atoms with van der Waals surface area (Å²) in [5.41, 5.74) is 1.16. The predicted octanol–water partition coefficient (Wildman–Crippen LogP) is 0.773. The predicted molar refractivity (Wildman–Crippen MR) is 84.5 cm³/mol. The number of nitrogens with zero attached hydrogens (tertiary/aromatic N) is 3. The molecule has 1 aliphatic rings. The lowest BCUT2D eigenvalue weighted by molar-refractivity contribution is 0.0709. The Morgan fingerprint density at radius 1 is 1.39 bits per heavy atom. The number of benzene rings is 1. The molecule has 7 nitrogen and oxygen atoms in total. The number of nitrogens with one attached hydrogen (secondary N) is 1. The summed E-state index contributed by atoms with van der Waals surface area (Å²) < 4.78 is 1.58. The number of carbonyl (C=O) groups excluding carboxylic acids is 1. The second kappa shape index (κ2) is 5.20. The summed E-state index contributed by atoms with van der Waals surface area (Å²) in [6, 6.07) is 7.31. The van der Waals surface area contributed by atoms with Gasteiger partial charge >= 0.3 is 0 Å². The molecular formula is C16H16N4O3. The third kappa shape index (κ3) is 2.20. The Kier molecular flexibility index (Phi) is 3.16. The quantitative estimate of drug-likeness (QED) is 0.744. The second-order valence-electron chi connectivity index (χ2n) is 5.74. The second-order valence-corrected chi connectivity index (χ2v) is 5.74. The molecule has 0 spiro atoms. The minimum Gasteiger partial charge on any atom is -0.395 e. The fourth-order valence-electron chi connectivity index (χ4n) is 2.93. The van der Waals surface area contributed by atoms with Crippen molar-refractivity contribution < 1.29 is 9.90 Å². The smallest absolute Gasteiger partial charge is 0.259 e. The van der Waals surface area contributed by atoms with Crippen LogP contribution in [0.3, 0.4) is 0 Å². The molecule has 7 heteroatoms. The first-order chi connectivity index (χ1) is 11.2. The first-order valence-corrected chi connectivity index (χ1v) is 7.61.